The van der Waals surface area contributed by atoms with Gasteiger partial charge < -0.3 is 9.64 Å². The molecule has 0 unspecified atom stereocenters. The highest BCUT2D eigenvalue weighted by Gasteiger charge is 2.44. The highest BCUT2D eigenvalue weighted by molar-refractivity contribution is 5.85. The van der Waals surface area contributed by atoms with Crippen LogP contribution in [0.15, 0.2) is 24.3 Å². The molecule has 0 aliphatic carbocycles. The molecule has 4 nitrogen and oxygen atoms in total. The summed E-state index contributed by atoms with van der Waals surface area (Å²) in [7, 11) is 0. The molecule has 0 bridgehead atoms. The second kappa shape index (κ2) is 6.93. The lowest BCUT2D eigenvalue weighted by Crippen LogP contribution is -2.54. The van der Waals surface area contributed by atoms with Gasteiger partial charge in [0.2, 0.25) is 0 Å². The number of amides is 1. The summed E-state index contributed by atoms with van der Waals surface area (Å²) < 4.78 is 33.4. The Hall–Kier alpha value is -1.53. The number of ether oxygens (including phenoxy) is 1. The van der Waals surface area contributed by atoms with E-state index in [2.05, 4.69) is 4.90 Å². The molecule has 0 N–H and O–H groups in total. The number of hydrogen-bond acceptors (Lipinski definition) is 3. The van der Waals surface area contributed by atoms with Crippen molar-refractivity contribution in [3.8, 4) is 0 Å². The zero-order valence-corrected chi connectivity index (χ0v) is 13.1. The normalized spacial score (nSPS) is 22.1. The standard InChI is InChI=1S/C17H22F2N2O2/c18-15-3-1-2-14(12-15)13-20-6-4-17(19,5-7-20)16(22)21-8-10-23-11-9-21/h1-3,12H,4-11,13H2. The van der Waals surface area contributed by atoms with E-state index in [0.717, 1.165) is 5.56 Å². The van der Waals surface area contributed by atoms with E-state index in [9.17, 15) is 9.18 Å². The summed E-state index contributed by atoms with van der Waals surface area (Å²) in [4.78, 5) is 16.1. The minimum absolute atomic E-state index is 0.193. The van der Waals surface area contributed by atoms with Crippen LogP contribution in [0.25, 0.3) is 0 Å². The molecule has 1 amide bonds. The van der Waals surface area contributed by atoms with Crippen LogP contribution < -0.4 is 0 Å². The van der Waals surface area contributed by atoms with Gasteiger partial charge in [0.05, 0.1) is 13.2 Å². The molecular weight excluding hydrogens is 302 g/mol. The van der Waals surface area contributed by atoms with Crippen LogP contribution in [-0.2, 0) is 16.1 Å². The number of benzene rings is 1. The third kappa shape index (κ3) is 3.87. The van der Waals surface area contributed by atoms with Gasteiger partial charge in [0.25, 0.3) is 5.91 Å². The molecule has 2 fully saturated rings. The molecule has 0 saturated carbocycles. The second-order valence-electron chi connectivity index (χ2n) is 6.28. The number of nitrogens with zero attached hydrogens (tertiary/aromatic N) is 2. The van der Waals surface area contributed by atoms with Crippen molar-refractivity contribution in [1.29, 1.82) is 0 Å². The zero-order valence-electron chi connectivity index (χ0n) is 13.1. The van der Waals surface area contributed by atoms with Crippen LogP contribution in [0.3, 0.4) is 0 Å². The number of carbonyl (C=O) groups is 1. The van der Waals surface area contributed by atoms with E-state index >= 15 is 4.39 Å². The monoisotopic (exact) mass is 324 g/mol. The molecule has 2 aliphatic heterocycles. The molecule has 0 atom stereocenters. The molecule has 3 rings (SSSR count). The second-order valence-corrected chi connectivity index (χ2v) is 6.28. The Kier molecular flexibility index (Phi) is 4.92. The summed E-state index contributed by atoms with van der Waals surface area (Å²) in [5.41, 5.74) is -0.897. The van der Waals surface area contributed by atoms with Crippen LogP contribution >= 0.6 is 0 Å². The first-order valence-corrected chi connectivity index (χ1v) is 8.10. The fourth-order valence-corrected chi connectivity index (χ4v) is 3.22. The summed E-state index contributed by atoms with van der Waals surface area (Å²) in [6, 6.07) is 6.44. The van der Waals surface area contributed by atoms with Crippen LogP contribution in [0.5, 0.6) is 0 Å². The molecule has 0 aromatic heterocycles. The third-order valence-electron chi connectivity index (χ3n) is 4.63. The molecule has 2 heterocycles. The number of hydrogen-bond donors (Lipinski definition) is 0. The predicted molar refractivity (Wildman–Crippen MR) is 82.1 cm³/mol. The van der Waals surface area contributed by atoms with Crippen molar-refractivity contribution >= 4 is 5.91 Å². The Labute approximate surface area is 135 Å². The van der Waals surface area contributed by atoms with Crippen LogP contribution in [-0.4, -0.2) is 60.8 Å². The maximum absolute atomic E-state index is 15.0. The molecule has 126 valence electrons. The molecular formula is C17H22F2N2O2. The lowest BCUT2D eigenvalue weighted by atomic mass is 9.91. The number of halogens is 2. The van der Waals surface area contributed by atoms with Crippen LogP contribution in [0.4, 0.5) is 8.78 Å². The number of rotatable bonds is 3. The number of morpholine rings is 1. The first-order valence-electron chi connectivity index (χ1n) is 8.10. The van der Waals surface area contributed by atoms with E-state index in [1.54, 1.807) is 11.0 Å². The largest absolute Gasteiger partial charge is 0.378 e. The van der Waals surface area contributed by atoms with E-state index in [1.807, 2.05) is 6.07 Å². The maximum Gasteiger partial charge on any atom is 0.260 e. The summed E-state index contributed by atoms with van der Waals surface area (Å²) >= 11 is 0. The van der Waals surface area contributed by atoms with Crippen molar-refractivity contribution in [3.05, 3.63) is 35.6 Å². The molecule has 0 radical (unpaired) electrons. The van der Waals surface area contributed by atoms with E-state index < -0.39 is 11.6 Å². The Morgan fingerprint density at radius 1 is 1.17 bits per heavy atom. The number of likely N-dealkylation sites (tertiary alicyclic amines) is 1. The number of carbonyl (C=O) groups excluding carboxylic acids is 1. The Bertz CT molecular complexity index is 553. The van der Waals surface area contributed by atoms with Gasteiger partial charge in [-0.1, -0.05) is 12.1 Å². The van der Waals surface area contributed by atoms with Crippen molar-refractivity contribution < 1.29 is 18.3 Å². The van der Waals surface area contributed by atoms with E-state index in [0.29, 0.717) is 45.9 Å². The average molecular weight is 324 g/mol. The van der Waals surface area contributed by atoms with Crippen molar-refractivity contribution in [2.75, 3.05) is 39.4 Å². The van der Waals surface area contributed by atoms with Gasteiger partial charge in [-0.3, -0.25) is 9.69 Å². The number of piperidine rings is 1. The number of alkyl halides is 1. The SMILES string of the molecule is O=C(N1CCOCC1)C1(F)CCN(Cc2cccc(F)c2)CC1. The van der Waals surface area contributed by atoms with Gasteiger partial charge in [0.15, 0.2) is 5.67 Å². The highest BCUT2D eigenvalue weighted by Crippen LogP contribution is 2.30. The summed E-state index contributed by atoms with van der Waals surface area (Å²) in [5, 5.41) is 0. The van der Waals surface area contributed by atoms with E-state index in [1.165, 1.54) is 12.1 Å². The highest BCUT2D eigenvalue weighted by atomic mass is 19.1. The molecule has 23 heavy (non-hydrogen) atoms. The van der Waals surface area contributed by atoms with Gasteiger partial charge in [-0.05, 0) is 17.7 Å². The quantitative estimate of drug-likeness (QED) is 0.852. The topological polar surface area (TPSA) is 32.8 Å². The minimum Gasteiger partial charge on any atom is -0.378 e. The van der Waals surface area contributed by atoms with Gasteiger partial charge in [0.1, 0.15) is 5.82 Å². The smallest absolute Gasteiger partial charge is 0.260 e. The minimum atomic E-state index is -1.77. The van der Waals surface area contributed by atoms with Gasteiger partial charge in [-0.15, -0.1) is 0 Å². The summed E-state index contributed by atoms with van der Waals surface area (Å²) in [5.74, 6) is -0.659. The molecule has 2 saturated heterocycles. The zero-order chi connectivity index (χ0) is 16.3. The van der Waals surface area contributed by atoms with Crippen molar-refractivity contribution in [3.63, 3.8) is 0 Å². The molecule has 6 heteroatoms. The molecule has 2 aliphatic rings. The van der Waals surface area contributed by atoms with E-state index in [-0.39, 0.29) is 18.7 Å². The lowest BCUT2D eigenvalue weighted by Gasteiger charge is -2.39. The van der Waals surface area contributed by atoms with Crippen LogP contribution in [0.2, 0.25) is 0 Å². The van der Waals surface area contributed by atoms with Crippen molar-refractivity contribution in [1.82, 2.24) is 9.80 Å². The fraction of sp³-hybridized carbons (Fsp3) is 0.588. The summed E-state index contributed by atoms with van der Waals surface area (Å²) in [6.45, 7) is 3.49. The van der Waals surface area contributed by atoms with Gasteiger partial charge in [0, 0.05) is 45.6 Å². The van der Waals surface area contributed by atoms with Gasteiger partial charge in [-0.25, -0.2) is 8.78 Å². The van der Waals surface area contributed by atoms with Crippen molar-refractivity contribution in [2.45, 2.75) is 25.1 Å². The van der Waals surface area contributed by atoms with Crippen LogP contribution in [0, 0.1) is 5.82 Å². The molecule has 1 aromatic rings. The average Bonchev–Trinajstić information content (AvgIpc) is 2.57. The van der Waals surface area contributed by atoms with Gasteiger partial charge >= 0.3 is 0 Å². The van der Waals surface area contributed by atoms with Crippen molar-refractivity contribution in [2.24, 2.45) is 0 Å². The third-order valence-corrected chi connectivity index (χ3v) is 4.63. The Balaban J connectivity index is 1.55. The predicted octanol–water partition coefficient (Wildman–Crippen LogP) is 1.99. The molecule has 0 spiro atoms. The fourth-order valence-electron chi connectivity index (χ4n) is 3.22. The van der Waals surface area contributed by atoms with Gasteiger partial charge in [-0.2, -0.15) is 0 Å². The first kappa shape index (κ1) is 16.3. The Morgan fingerprint density at radius 2 is 1.87 bits per heavy atom. The molecule has 1 aromatic carbocycles. The maximum atomic E-state index is 15.0. The summed E-state index contributed by atoms with van der Waals surface area (Å²) in [6.07, 6.45) is 0.386. The lowest BCUT2D eigenvalue weighted by molar-refractivity contribution is -0.151. The Morgan fingerprint density at radius 3 is 2.52 bits per heavy atom. The van der Waals surface area contributed by atoms with Crippen LogP contribution in [0.1, 0.15) is 18.4 Å². The van der Waals surface area contributed by atoms with E-state index in [4.69, 9.17) is 4.74 Å². The first-order chi connectivity index (χ1) is 11.1.